The SMILES string of the molecule is C/C([N+]#N)=C(\O)O[C@@H]1C[C@H](C)CC[C@H]1C(C)C. The molecule has 0 aromatic rings. The van der Waals surface area contributed by atoms with Crippen LogP contribution >= 0.6 is 0 Å². The lowest BCUT2D eigenvalue weighted by molar-refractivity contribution is -0.0453. The smallest absolute Gasteiger partial charge is 0.437 e. The standard InChI is InChI=1S/C13H22N2O2/c1-8(2)11-6-5-9(3)7-12(11)17-13(16)10(4)15-14/h8-9,11-12H,5-7H2,1-4H3/p+1/b13-10-/t9-,11+,12-/m1/s1. The second kappa shape index (κ2) is 5.90. The molecule has 1 fully saturated rings. The maximum atomic E-state index is 9.66. The summed E-state index contributed by atoms with van der Waals surface area (Å²) in [5, 5.41) is 18.2. The van der Waals surface area contributed by atoms with E-state index in [1.807, 2.05) is 0 Å². The van der Waals surface area contributed by atoms with E-state index in [1.165, 1.54) is 13.3 Å². The fraction of sp³-hybridized carbons (Fsp3) is 0.846. The average Bonchev–Trinajstić information content (AvgIpc) is 2.27. The Labute approximate surface area is 103 Å². The van der Waals surface area contributed by atoms with Gasteiger partial charge in [0, 0.05) is 0 Å². The van der Waals surface area contributed by atoms with Crippen LogP contribution in [0.3, 0.4) is 0 Å². The van der Waals surface area contributed by atoms with E-state index in [0.717, 1.165) is 12.8 Å². The molecule has 4 heteroatoms. The lowest BCUT2D eigenvalue weighted by Crippen LogP contribution is -2.34. The molecule has 1 aliphatic carbocycles. The van der Waals surface area contributed by atoms with Gasteiger partial charge in [0.05, 0.1) is 6.92 Å². The minimum Gasteiger partial charge on any atom is -0.475 e. The Bertz CT molecular complexity index is 331. The molecule has 0 aromatic heterocycles. The van der Waals surface area contributed by atoms with Crippen LogP contribution < -0.4 is 0 Å². The normalized spacial score (nSPS) is 30.7. The van der Waals surface area contributed by atoms with Gasteiger partial charge in [0.25, 0.3) is 0 Å². The molecule has 0 unspecified atom stereocenters. The molecule has 1 rings (SSSR count). The topological polar surface area (TPSA) is 57.6 Å². The molecule has 3 atom stereocenters. The predicted molar refractivity (Wildman–Crippen MR) is 66.6 cm³/mol. The summed E-state index contributed by atoms with van der Waals surface area (Å²) in [5.41, 5.74) is 0.130. The number of rotatable bonds is 3. The second-order valence-electron chi connectivity index (χ2n) is 5.47. The highest BCUT2D eigenvalue weighted by Crippen LogP contribution is 2.36. The third-order valence-electron chi connectivity index (χ3n) is 3.68. The number of allylic oxidation sites excluding steroid dienone is 1. The fourth-order valence-corrected chi connectivity index (χ4v) is 2.52. The molecule has 0 aromatic carbocycles. The molecule has 0 saturated heterocycles. The Morgan fingerprint density at radius 2 is 2.06 bits per heavy atom. The molecule has 0 heterocycles. The van der Waals surface area contributed by atoms with Crippen molar-refractivity contribution in [2.24, 2.45) is 17.8 Å². The summed E-state index contributed by atoms with van der Waals surface area (Å²) in [6.07, 6.45) is 3.32. The Morgan fingerprint density at radius 3 is 2.59 bits per heavy atom. The molecule has 4 nitrogen and oxygen atoms in total. The third-order valence-corrected chi connectivity index (χ3v) is 3.68. The van der Waals surface area contributed by atoms with E-state index in [9.17, 15) is 5.11 Å². The zero-order valence-corrected chi connectivity index (χ0v) is 11.2. The highest BCUT2D eigenvalue weighted by atomic mass is 16.6. The van der Waals surface area contributed by atoms with Crippen LogP contribution in [0, 0.1) is 23.1 Å². The Kier molecular flexibility index (Phi) is 4.80. The van der Waals surface area contributed by atoms with Gasteiger partial charge in [-0.05, 0) is 30.6 Å². The van der Waals surface area contributed by atoms with Crippen LogP contribution in [0.5, 0.6) is 0 Å². The van der Waals surface area contributed by atoms with Crippen molar-refractivity contribution < 1.29 is 9.84 Å². The first-order chi connectivity index (χ1) is 7.95. The third kappa shape index (κ3) is 3.62. The largest absolute Gasteiger partial charge is 0.475 e. The van der Waals surface area contributed by atoms with E-state index in [1.54, 1.807) is 0 Å². The molecule has 1 N–H and O–H groups in total. The van der Waals surface area contributed by atoms with Crippen molar-refractivity contribution in [3.63, 3.8) is 0 Å². The molecule has 1 saturated carbocycles. The van der Waals surface area contributed by atoms with E-state index in [4.69, 9.17) is 10.1 Å². The summed E-state index contributed by atoms with van der Waals surface area (Å²) >= 11 is 0. The van der Waals surface area contributed by atoms with E-state index in [2.05, 4.69) is 25.7 Å². The lowest BCUT2D eigenvalue weighted by Gasteiger charge is -2.36. The van der Waals surface area contributed by atoms with Crippen LogP contribution in [0.25, 0.3) is 4.98 Å². The molecular formula is C13H23N2O2+. The lowest BCUT2D eigenvalue weighted by atomic mass is 9.75. The van der Waals surface area contributed by atoms with Gasteiger partial charge in [0.15, 0.2) is 4.98 Å². The van der Waals surface area contributed by atoms with Gasteiger partial charge in [-0.3, -0.25) is 0 Å². The van der Waals surface area contributed by atoms with Gasteiger partial charge in [-0.25, -0.2) is 0 Å². The average molecular weight is 239 g/mol. The van der Waals surface area contributed by atoms with Crippen molar-refractivity contribution in [3.05, 3.63) is 16.6 Å². The maximum absolute atomic E-state index is 9.66. The van der Waals surface area contributed by atoms with E-state index in [0.29, 0.717) is 17.8 Å². The van der Waals surface area contributed by atoms with Gasteiger partial charge in [-0.2, -0.15) is 0 Å². The van der Waals surface area contributed by atoms with Crippen molar-refractivity contribution in [2.75, 3.05) is 0 Å². The predicted octanol–water partition coefficient (Wildman–Crippen LogP) is 4.06. The van der Waals surface area contributed by atoms with Crippen molar-refractivity contribution in [2.45, 2.75) is 53.1 Å². The Morgan fingerprint density at radius 1 is 1.41 bits per heavy atom. The first-order valence-electron chi connectivity index (χ1n) is 6.37. The van der Waals surface area contributed by atoms with Gasteiger partial charge in [0.1, 0.15) is 6.10 Å². The summed E-state index contributed by atoms with van der Waals surface area (Å²) in [4.78, 5) is 2.95. The van der Waals surface area contributed by atoms with Gasteiger partial charge < -0.3 is 9.84 Å². The molecule has 0 bridgehead atoms. The van der Waals surface area contributed by atoms with Crippen LogP contribution in [0.4, 0.5) is 0 Å². The molecule has 0 aliphatic heterocycles. The fourth-order valence-electron chi connectivity index (χ4n) is 2.52. The van der Waals surface area contributed by atoms with Crippen LogP contribution in [0.2, 0.25) is 0 Å². The number of diazo groups is 1. The van der Waals surface area contributed by atoms with Crippen LogP contribution in [0.15, 0.2) is 11.6 Å². The molecule has 0 spiro atoms. The molecule has 17 heavy (non-hydrogen) atoms. The quantitative estimate of drug-likeness (QED) is 0.596. The Hall–Kier alpha value is -1.24. The molecular weight excluding hydrogens is 216 g/mol. The summed E-state index contributed by atoms with van der Waals surface area (Å²) in [5.74, 6) is 1.36. The number of ether oxygens (including phenoxy) is 1. The summed E-state index contributed by atoms with van der Waals surface area (Å²) < 4.78 is 5.57. The number of aliphatic hydroxyl groups excluding tert-OH is 1. The van der Waals surface area contributed by atoms with Gasteiger partial charge in [-0.15, -0.1) is 0 Å². The monoisotopic (exact) mass is 239 g/mol. The number of aliphatic hydroxyl groups is 1. The van der Waals surface area contributed by atoms with Crippen LogP contribution in [-0.2, 0) is 4.74 Å². The van der Waals surface area contributed by atoms with Crippen molar-refractivity contribution in [1.29, 1.82) is 5.39 Å². The van der Waals surface area contributed by atoms with E-state index in [-0.39, 0.29) is 17.7 Å². The van der Waals surface area contributed by atoms with Gasteiger partial charge in [-0.1, -0.05) is 27.2 Å². The van der Waals surface area contributed by atoms with Crippen molar-refractivity contribution in [1.82, 2.24) is 0 Å². The zero-order chi connectivity index (χ0) is 13.0. The van der Waals surface area contributed by atoms with Crippen LogP contribution in [-0.4, -0.2) is 11.2 Å². The maximum Gasteiger partial charge on any atom is 0.437 e. The van der Waals surface area contributed by atoms with E-state index < -0.39 is 0 Å². The van der Waals surface area contributed by atoms with E-state index >= 15 is 0 Å². The Balaban J connectivity index is 2.74. The summed E-state index contributed by atoms with van der Waals surface area (Å²) in [6.45, 7) is 8.09. The number of hydrogen-bond donors (Lipinski definition) is 1. The highest BCUT2D eigenvalue weighted by molar-refractivity contribution is 5.05. The van der Waals surface area contributed by atoms with Crippen molar-refractivity contribution in [3.8, 4) is 0 Å². The summed E-state index contributed by atoms with van der Waals surface area (Å²) in [7, 11) is 0. The molecule has 0 radical (unpaired) electrons. The van der Waals surface area contributed by atoms with Gasteiger partial charge in [0.2, 0.25) is 5.39 Å². The van der Waals surface area contributed by atoms with Gasteiger partial charge >= 0.3 is 11.6 Å². The highest BCUT2D eigenvalue weighted by Gasteiger charge is 2.33. The first kappa shape index (κ1) is 13.8. The minimum absolute atomic E-state index is 0.0236. The first-order valence-corrected chi connectivity index (χ1v) is 6.37. The molecule has 1 aliphatic rings. The molecule has 96 valence electrons. The minimum atomic E-state index is -0.253. The summed E-state index contributed by atoms with van der Waals surface area (Å²) in [6, 6.07) is 0. The number of nitrogens with zero attached hydrogens (tertiary/aromatic N) is 2. The number of hydrogen-bond acceptors (Lipinski definition) is 3. The van der Waals surface area contributed by atoms with Crippen LogP contribution in [0.1, 0.15) is 47.0 Å². The van der Waals surface area contributed by atoms with Crippen molar-refractivity contribution >= 4 is 0 Å². The second-order valence-corrected chi connectivity index (χ2v) is 5.47. The zero-order valence-electron chi connectivity index (χ0n) is 11.2. The molecule has 0 amide bonds.